The molecule has 0 bridgehead atoms. The van der Waals surface area contributed by atoms with Gasteiger partial charge in [0.25, 0.3) is 0 Å². The first kappa shape index (κ1) is 20.0. The van der Waals surface area contributed by atoms with Gasteiger partial charge in [-0.2, -0.15) is 0 Å². The van der Waals surface area contributed by atoms with Gasteiger partial charge in [-0.25, -0.2) is 0 Å². The van der Waals surface area contributed by atoms with E-state index in [0.29, 0.717) is 13.0 Å². The molecule has 26 heavy (non-hydrogen) atoms. The van der Waals surface area contributed by atoms with Crippen LogP contribution in [0.15, 0.2) is 60.8 Å². The summed E-state index contributed by atoms with van der Waals surface area (Å²) < 4.78 is 0. The number of fused-ring (bicyclic) bond motifs is 1. The Morgan fingerprint density at radius 2 is 1.81 bits per heavy atom. The number of nitrogens with two attached hydrogens (primary N) is 1. The van der Waals surface area contributed by atoms with Crippen LogP contribution < -0.4 is 11.1 Å². The SMILES string of the molecule is CCCC(N)C(=O)NCC(c1ccccc1)c1c[nH]c2ccccc12.Cl. The van der Waals surface area contributed by atoms with Crippen molar-refractivity contribution in [1.29, 1.82) is 0 Å². The van der Waals surface area contributed by atoms with Crippen LogP contribution in [0.3, 0.4) is 0 Å². The molecule has 3 rings (SSSR count). The number of carbonyl (C=O) groups is 1. The highest BCUT2D eigenvalue weighted by Gasteiger charge is 2.20. The molecule has 0 aliphatic rings. The van der Waals surface area contributed by atoms with E-state index < -0.39 is 6.04 Å². The van der Waals surface area contributed by atoms with Crippen LogP contribution in [-0.2, 0) is 4.79 Å². The molecule has 0 saturated carbocycles. The van der Waals surface area contributed by atoms with Crippen LogP contribution in [0.25, 0.3) is 10.9 Å². The Morgan fingerprint density at radius 3 is 2.54 bits per heavy atom. The Morgan fingerprint density at radius 1 is 1.12 bits per heavy atom. The number of H-pyrrole nitrogens is 1. The largest absolute Gasteiger partial charge is 0.361 e. The molecule has 0 radical (unpaired) electrons. The van der Waals surface area contributed by atoms with Crippen LogP contribution in [0, 0.1) is 0 Å². The van der Waals surface area contributed by atoms with Crippen molar-refractivity contribution in [3.8, 4) is 0 Å². The van der Waals surface area contributed by atoms with E-state index in [1.165, 1.54) is 16.5 Å². The van der Waals surface area contributed by atoms with Gasteiger partial charge in [-0.05, 0) is 23.6 Å². The van der Waals surface area contributed by atoms with Gasteiger partial charge in [0, 0.05) is 29.6 Å². The fourth-order valence-electron chi connectivity index (χ4n) is 3.25. The number of para-hydroxylation sites is 1. The summed E-state index contributed by atoms with van der Waals surface area (Å²) in [4.78, 5) is 15.6. The molecule has 5 heteroatoms. The predicted molar refractivity (Wildman–Crippen MR) is 110 cm³/mol. The highest BCUT2D eigenvalue weighted by Crippen LogP contribution is 2.30. The van der Waals surface area contributed by atoms with Crippen LogP contribution in [0.5, 0.6) is 0 Å². The summed E-state index contributed by atoms with van der Waals surface area (Å²) in [6, 6.07) is 18.1. The molecule has 2 aromatic carbocycles. The number of hydrogen-bond acceptors (Lipinski definition) is 2. The van der Waals surface area contributed by atoms with E-state index in [-0.39, 0.29) is 24.2 Å². The van der Waals surface area contributed by atoms with E-state index in [4.69, 9.17) is 5.73 Å². The highest BCUT2D eigenvalue weighted by molar-refractivity contribution is 5.85. The highest BCUT2D eigenvalue weighted by atomic mass is 35.5. The van der Waals surface area contributed by atoms with E-state index in [9.17, 15) is 4.79 Å². The number of hydrogen-bond donors (Lipinski definition) is 3. The van der Waals surface area contributed by atoms with E-state index in [1.807, 2.05) is 43.5 Å². The summed E-state index contributed by atoms with van der Waals surface area (Å²) in [7, 11) is 0. The second kappa shape index (κ2) is 9.41. The smallest absolute Gasteiger partial charge is 0.236 e. The molecule has 0 fully saturated rings. The van der Waals surface area contributed by atoms with Gasteiger partial charge >= 0.3 is 0 Å². The Hall–Kier alpha value is -2.30. The Labute approximate surface area is 160 Å². The molecule has 1 aromatic heterocycles. The lowest BCUT2D eigenvalue weighted by molar-refractivity contribution is -0.122. The van der Waals surface area contributed by atoms with Gasteiger partial charge in [-0.1, -0.05) is 61.9 Å². The first-order chi connectivity index (χ1) is 12.2. The number of rotatable bonds is 7. The van der Waals surface area contributed by atoms with E-state index in [1.54, 1.807) is 0 Å². The van der Waals surface area contributed by atoms with Crippen molar-refractivity contribution < 1.29 is 4.79 Å². The van der Waals surface area contributed by atoms with Gasteiger partial charge in [0.2, 0.25) is 5.91 Å². The van der Waals surface area contributed by atoms with Crippen molar-refractivity contribution >= 4 is 29.2 Å². The minimum atomic E-state index is -0.440. The van der Waals surface area contributed by atoms with Crippen LogP contribution in [0.1, 0.15) is 36.8 Å². The molecule has 0 aliphatic carbocycles. The summed E-state index contributed by atoms with van der Waals surface area (Å²) in [5, 5.41) is 4.22. The molecule has 138 valence electrons. The fraction of sp³-hybridized carbons (Fsp3) is 0.286. The number of aromatic nitrogens is 1. The molecule has 1 heterocycles. The topological polar surface area (TPSA) is 70.9 Å². The molecule has 4 N–H and O–H groups in total. The third-order valence-electron chi connectivity index (χ3n) is 4.62. The molecular formula is C21H26ClN3O. The van der Waals surface area contributed by atoms with Gasteiger partial charge in [0.05, 0.1) is 6.04 Å². The molecule has 0 saturated heterocycles. The van der Waals surface area contributed by atoms with Crippen molar-refractivity contribution in [2.45, 2.75) is 31.7 Å². The molecule has 2 atom stereocenters. The Bertz CT molecular complexity index is 831. The normalized spacial score (nSPS) is 13.0. The summed E-state index contributed by atoms with van der Waals surface area (Å²) in [6.45, 7) is 2.56. The Kier molecular flexibility index (Phi) is 7.25. The zero-order chi connectivity index (χ0) is 17.6. The summed E-state index contributed by atoms with van der Waals surface area (Å²) in [5.74, 6) is -0.00208. The van der Waals surface area contributed by atoms with Gasteiger partial charge in [-0.15, -0.1) is 12.4 Å². The first-order valence-electron chi connectivity index (χ1n) is 8.85. The Balaban J connectivity index is 0.00000243. The monoisotopic (exact) mass is 371 g/mol. The minimum absolute atomic E-state index is 0. The summed E-state index contributed by atoms with van der Waals surface area (Å²) in [5.41, 5.74) is 9.41. The predicted octanol–water partition coefficient (Wildman–Crippen LogP) is 3.97. The molecule has 4 nitrogen and oxygen atoms in total. The van der Waals surface area contributed by atoms with Crippen LogP contribution in [0.4, 0.5) is 0 Å². The van der Waals surface area contributed by atoms with Crippen LogP contribution in [0.2, 0.25) is 0 Å². The van der Waals surface area contributed by atoms with E-state index >= 15 is 0 Å². The quantitative estimate of drug-likeness (QED) is 0.588. The van der Waals surface area contributed by atoms with Crippen molar-refractivity contribution in [3.05, 3.63) is 71.9 Å². The van der Waals surface area contributed by atoms with Crippen molar-refractivity contribution in [2.75, 3.05) is 6.54 Å². The first-order valence-corrected chi connectivity index (χ1v) is 8.85. The lowest BCUT2D eigenvalue weighted by atomic mass is 9.91. The lowest BCUT2D eigenvalue weighted by Gasteiger charge is -2.19. The van der Waals surface area contributed by atoms with Crippen LogP contribution in [-0.4, -0.2) is 23.5 Å². The molecule has 2 unspecified atom stereocenters. The van der Waals surface area contributed by atoms with Gasteiger partial charge in [0.1, 0.15) is 0 Å². The van der Waals surface area contributed by atoms with Gasteiger partial charge in [0.15, 0.2) is 0 Å². The lowest BCUT2D eigenvalue weighted by Crippen LogP contribution is -2.42. The van der Waals surface area contributed by atoms with Gasteiger partial charge < -0.3 is 16.0 Å². The molecular weight excluding hydrogens is 346 g/mol. The van der Waals surface area contributed by atoms with Crippen LogP contribution >= 0.6 is 12.4 Å². The number of amides is 1. The second-order valence-electron chi connectivity index (χ2n) is 6.39. The van der Waals surface area contributed by atoms with Crippen molar-refractivity contribution in [3.63, 3.8) is 0 Å². The average molecular weight is 372 g/mol. The van der Waals surface area contributed by atoms with Gasteiger partial charge in [-0.3, -0.25) is 4.79 Å². The fourth-order valence-corrected chi connectivity index (χ4v) is 3.25. The second-order valence-corrected chi connectivity index (χ2v) is 6.39. The molecule has 0 spiro atoms. The zero-order valence-electron chi connectivity index (χ0n) is 14.9. The number of halogens is 1. The standard InChI is InChI=1S/C21H25N3O.ClH/c1-2-8-19(22)21(25)24-13-17(15-9-4-3-5-10-15)18-14-23-20-12-7-6-11-16(18)20;/h3-7,9-12,14,17,19,23H,2,8,13,22H2,1H3,(H,24,25);1H. The average Bonchev–Trinajstić information content (AvgIpc) is 3.07. The van der Waals surface area contributed by atoms with E-state index in [2.05, 4.69) is 34.6 Å². The van der Waals surface area contributed by atoms with E-state index in [0.717, 1.165) is 11.9 Å². The summed E-state index contributed by atoms with van der Waals surface area (Å²) in [6.07, 6.45) is 3.65. The van der Waals surface area contributed by atoms with Crippen molar-refractivity contribution in [2.24, 2.45) is 5.73 Å². The van der Waals surface area contributed by atoms with Crippen molar-refractivity contribution in [1.82, 2.24) is 10.3 Å². The molecule has 1 amide bonds. The maximum atomic E-state index is 12.3. The molecule has 3 aromatic rings. The third-order valence-corrected chi connectivity index (χ3v) is 4.62. The third kappa shape index (κ3) is 4.45. The number of benzene rings is 2. The summed E-state index contributed by atoms with van der Waals surface area (Å²) >= 11 is 0. The number of aromatic amines is 1. The number of carbonyl (C=O) groups excluding carboxylic acids is 1. The zero-order valence-corrected chi connectivity index (χ0v) is 15.8. The number of nitrogens with one attached hydrogen (secondary N) is 2. The maximum absolute atomic E-state index is 12.3. The minimum Gasteiger partial charge on any atom is -0.361 e. The maximum Gasteiger partial charge on any atom is 0.236 e. The molecule has 0 aliphatic heterocycles.